The second-order valence-electron chi connectivity index (χ2n) is 5.97. The standard InChI is InChI=1S/C20H25NO5S/c1-6-13-10-18(27-12(13)2)20(23)21-15(11-19(22)26-5)14-7-8-16(24-3)17(9-14)25-4/h7-10,15H,6,11H2,1-5H3,(H,21,23). The summed E-state index contributed by atoms with van der Waals surface area (Å²) < 4.78 is 15.4. The lowest BCUT2D eigenvalue weighted by Gasteiger charge is -2.19. The molecule has 2 aromatic rings. The number of thiophene rings is 1. The van der Waals surface area contributed by atoms with Crippen LogP contribution in [0.3, 0.4) is 0 Å². The van der Waals surface area contributed by atoms with Crippen molar-refractivity contribution in [1.29, 1.82) is 0 Å². The van der Waals surface area contributed by atoms with E-state index < -0.39 is 12.0 Å². The first kappa shape index (κ1) is 20.8. The van der Waals surface area contributed by atoms with Crippen LogP contribution in [0.4, 0.5) is 0 Å². The van der Waals surface area contributed by atoms with Crippen molar-refractivity contribution in [1.82, 2.24) is 5.32 Å². The molecule has 1 atom stereocenters. The molecule has 146 valence electrons. The average Bonchev–Trinajstić information content (AvgIpc) is 3.07. The summed E-state index contributed by atoms with van der Waals surface area (Å²) in [4.78, 5) is 26.4. The van der Waals surface area contributed by atoms with Crippen LogP contribution in [-0.4, -0.2) is 33.2 Å². The maximum absolute atomic E-state index is 12.7. The number of benzene rings is 1. The van der Waals surface area contributed by atoms with E-state index in [0.29, 0.717) is 16.4 Å². The molecule has 0 aliphatic rings. The third-order valence-electron chi connectivity index (χ3n) is 4.34. The summed E-state index contributed by atoms with van der Waals surface area (Å²) in [5.74, 6) is 0.475. The number of esters is 1. The molecule has 0 bridgehead atoms. The zero-order chi connectivity index (χ0) is 20.0. The number of aryl methyl sites for hydroxylation is 2. The Kier molecular flexibility index (Phi) is 7.24. The molecule has 1 aromatic heterocycles. The van der Waals surface area contributed by atoms with Crippen molar-refractivity contribution < 1.29 is 23.8 Å². The third kappa shape index (κ3) is 5.01. The molecule has 7 heteroatoms. The number of methoxy groups -OCH3 is 3. The minimum atomic E-state index is -0.544. The summed E-state index contributed by atoms with van der Waals surface area (Å²) >= 11 is 1.45. The van der Waals surface area contributed by atoms with Crippen molar-refractivity contribution in [2.24, 2.45) is 0 Å². The van der Waals surface area contributed by atoms with Gasteiger partial charge in [0.05, 0.1) is 38.7 Å². The van der Waals surface area contributed by atoms with Gasteiger partial charge in [-0.05, 0) is 42.7 Å². The molecule has 1 unspecified atom stereocenters. The Balaban J connectivity index is 2.31. The maximum Gasteiger partial charge on any atom is 0.307 e. The summed E-state index contributed by atoms with van der Waals surface area (Å²) in [5.41, 5.74) is 1.89. The van der Waals surface area contributed by atoms with Crippen LogP contribution in [0.1, 0.15) is 45.1 Å². The number of amides is 1. The minimum Gasteiger partial charge on any atom is -0.493 e. The van der Waals surface area contributed by atoms with Crippen molar-refractivity contribution >= 4 is 23.2 Å². The highest BCUT2D eigenvalue weighted by Gasteiger charge is 2.22. The maximum atomic E-state index is 12.7. The normalized spacial score (nSPS) is 11.6. The molecule has 1 heterocycles. The van der Waals surface area contributed by atoms with Gasteiger partial charge in [-0.15, -0.1) is 11.3 Å². The van der Waals surface area contributed by atoms with Gasteiger partial charge in [0.25, 0.3) is 5.91 Å². The number of carbonyl (C=O) groups excluding carboxylic acids is 2. The molecule has 0 saturated carbocycles. The van der Waals surface area contributed by atoms with Gasteiger partial charge in [0.2, 0.25) is 0 Å². The number of rotatable bonds is 8. The summed E-state index contributed by atoms with van der Waals surface area (Å²) in [6, 6.07) is 6.65. The zero-order valence-corrected chi connectivity index (χ0v) is 17.1. The van der Waals surface area contributed by atoms with Gasteiger partial charge in [-0.1, -0.05) is 13.0 Å². The molecule has 0 spiro atoms. The van der Waals surface area contributed by atoms with Gasteiger partial charge < -0.3 is 19.5 Å². The van der Waals surface area contributed by atoms with Gasteiger partial charge in [0.15, 0.2) is 11.5 Å². The summed E-state index contributed by atoms with van der Waals surface area (Å²) in [5, 5.41) is 2.94. The number of nitrogens with one attached hydrogen (secondary N) is 1. The van der Waals surface area contributed by atoms with Gasteiger partial charge in [-0.3, -0.25) is 9.59 Å². The van der Waals surface area contributed by atoms with E-state index in [9.17, 15) is 9.59 Å². The Hall–Kier alpha value is -2.54. The van der Waals surface area contributed by atoms with Gasteiger partial charge in [0.1, 0.15) is 0 Å². The van der Waals surface area contributed by atoms with E-state index in [2.05, 4.69) is 12.2 Å². The second kappa shape index (κ2) is 9.41. The molecule has 0 radical (unpaired) electrons. The highest BCUT2D eigenvalue weighted by Crippen LogP contribution is 2.31. The fourth-order valence-corrected chi connectivity index (χ4v) is 3.80. The summed E-state index contributed by atoms with van der Waals surface area (Å²) in [6.07, 6.45) is 0.888. The Morgan fingerprint density at radius 3 is 2.37 bits per heavy atom. The molecular formula is C20H25NO5S. The van der Waals surface area contributed by atoms with E-state index in [1.165, 1.54) is 25.6 Å². The number of ether oxygens (including phenoxy) is 3. The predicted octanol–water partition coefficient (Wildman–Crippen LogP) is 3.67. The van der Waals surface area contributed by atoms with Crippen LogP contribution in [0.15, 0.2) is 24.3 Å². The molecular weight excluding hydrogens is 366 g/mol. The summed E-state index contributed by atoms with van der Waals surface area (Å²) in [6.45, 7) is 4.06. The largest absolute Gasteiger partial charge is 0.493 e. The quantitative estimate of drug-likeness (QED) is 0.695. The van der Waals surface area contributed by atoms with Gasteiger partial charge >= 0.3 is 5.97 Å². The predicted molar refractivity (Wildman–Crippen MR) is 105 cm³/mol. The Labute approximate surface area is 163 Å². The van der Waals surface area contributed by atoms with Crippen LogP contribution in [0.5, 0.6) is 11.5 Å². The lowest BCUT2D eigenvalue weighted by molar-refractivity contribution is -0.141. The van der Waals surface area contributed by atoms with Gasteiger partial charge in [-0.2, -0.15) is 0 Å². The van der Waals surface area contributed by atoms with Crippen LogP contribution >= 0.6 is 11.3 Å². The van der Waals surface area contributed by atoms with E-state index in [4.69, 9.17) is 14.2 Å². The summed E-state index contributed by atoms with van der Waals surface area (Å²) in [7, 11) is 4.41. The van der Waals surface area contributed by atoms with Crippen molar-refractivity contribution in [2.45, 2.75) is 32.7 Å². The highest BCUT2D eigenvalue weighted by molar-refractivity contribution is 7.14. The minimum absolute atomic E-state index is 0.0166. The molecule has 0 aliphatic carbocycles. The van der Waals surface area contributed by atoms with Crippen LogP contribution in [0, 0.1) is 6.92 Å². The van der Waals surface area contributed by atoms with Crippen molar-refractivity contribution in [2.75, 3.05) is 21.3 Å². The van der Waals surface area contributed by atoms with Crippen LogP contribution in [0.25, 0.3) is 0 Å². The smallest absolute Gasteiger partial charge is 0.307 e. The molecule has 6 nitrogen and oxygen atoms in total. The number of hydrogen-bond donors (Lipinski definition) is 1. The van der Waals surface area contributed by atoms with E-state index in [1.54, 1.807) is 25.3 Å². The fraction of sp³-hybridized carbons (Fsp3) is 0.400. The Morgan fingerprint density at radius 2 is 1.81 bits per heavy atom. The van der Waals surface area contributed by atoms with Crippen LogP contribution in [-0.2, 0) is 16.0 Å². The van der Waals surface area contributed by atoms with Gasteiger partial charge in [-0.25, -0.2) is 0 Å². The monoisotopic (exact) mass is 391 g/mol. The number of hydrogen-bond acceptors (Lipinski definition) is 6. The fourth-order valence-electron chi connectivity index (χ4n) is 2.78. The van der Waals surface area contributed by atoms with Crippen LogP contribution < -0.4 is 14.8 Å². The molecule has 0 saturated heterocycles. The molecule has 27 heavy (non-hydrogen) atoms. The first-order chi connectivity index (χ1) is 12.9. The highest BCUT2D eigenvalue weighted by atomic mass is 32.1. The van der Waals surface area contributed by atoms with Crippen LogP contribution in [0.2, 0.25) is 0 Å². The Bertz CT molecular complexity index is 815. The third-order valence-corrected chi connectivity index (χ3v) is 5.43. The molecule has 1 aromatic carbocycles. The SMILES string of the molecule is CCc1cc(C(=O)NC(CC(=O)OC)c2ccc(OC)c(OC)c2)sc1C. The Morgan fingerprint density at radius 1 is 1.11 bits per heavy atom. The number of carbonyl (C=O) groups is 2. The van der Waals surface area contributed by atoms with Crippen molar-refractivity contribution in [3.8, 4) is 11.5 Å². The molecule has 1 amide bonds. The first-order valence-electron chi connectivity index (χ1n) is 8.62. The van der Waals surface area contributed by atoms with E-state index in [0.717, 1.165) is 22.4 Å². The average molecular weight is 391 g/mol. The topological polar surface area (TPSA) is 73.9 Å². The van der Waals surface area contributed by atoms with E-state index >= 15 is 0 Å². The molecule has 0 aliphatic heterocycles. The molecule has 2 rings (SSSR count). The first-order valence-corrected chi connectivity index (χ1v) is 9.44. The lowest BCUT2D eigenvalue weighted by atomic mass is 10.0. The lowest BCUT2D eigenvalue weighted by Crippen LogP contribution is -2.30. The van der Waals surface area contributed by atoms with E-state index in [1.807, 2.05) is 13.0 Å². The zero-order valence-electron chi connectivity index (χ0n) is 16.3. The molecule has 1 N–H and O–H groups in total. The second-order valence-corrected chi connectivity index (χ2v) is 7.22. The molecule has 0 fully saturated rings. The van der Waals surface area contributed by atoms with Crippen molar-refractivity contribution in [3.63, 3.8) is 0 Å². The van der Waals surface area contributed by atoms with Gasteiger partial charge in [0, 0.05) is 4.88 Å². The van der Waals surface area contributed by atoms with E-state index in [-0.39, 0.29) is 12.3 Å². The van der Waals surface area contributed by atoms with Crippen molar-refractivity contribution in [3.05, 3.63) is 45.1 Å².